The van der Waals surface area contributed by atoms with Crippen LogP contribution in [-0.2, 0) is 6.54 Å². The summed E-state index contributed by atoms with van der Waals surface area (Å²) in [6.45, 7) is 0.481. The molecule has 0 bridgehead atoms. The molecule has 2 heterocycles. The van der Waals surface area contributed by atoms with Crippen molar-refractivity contribution in [3.8, 4) is 23.0 Å². The number of nitrogens with two attached hydrogens (primary N) is 1. The van der Waals surface area contributed by atoms with E-state index in [2.05, 4.69) is 15.1 Å². The van der Waals surface area contributed by atoms with Crippen LogP contribution in [0.2, 0.25) is 0 Å². The summed E-state index contributed by atoms with van der Waals surface area (Å²) in [5, 5.41) is 3.94. The second-order valence-electron chi connectivity index (χ2n) is 4.04. The van der Waals surface area contributed by atoms with Crippen LogP contribution in [0.4, 0.5) is 0 Å². The monoisotopic (exact) mass is 252 g/mol. The van der Waals surface area contributed by atoms with E-state index in [1.165, 1.54) is 0 Å². The fraction of sp³-hybridized carbons (Fsp3) is 0.0714. The summed E-state index contributed by atoms with van der Waals surface area (Å²) < 4.78 is 5.26. The second kappa shape index (κ2) is 4.99. The van der Waals surface area contributed by atoms with Crippen LogP contribution in [-0.4, -0.2) is 15.1 Å². The Morgan fingerprint density at radius 1 is 1.11 bits per heavy atom. The van der Waals surface area contributed by atoms with E-state index in [0.29, 0.717) is 24.0 Å². The molecule has 0 aliphatic carbocycles. The Labute approximate surface area is 110 Å². The molecule has 3 rings (SSSR count). The van der Waals surface area contributed by atoms with Crippen LogP contribution in [0.3, 0.4) is 0 Å². The third-order valence-electron chi connectivity index (χ3n) is 2.73. The minimum Gasteiger partial charge on any atom is -0.334 e. The van der Waals surface area contributed by atoms with Crippen LogP contribution in [0.5, 0.6) is 0 Å². The van der Waals surface area contributed by atoms with Crippen molar-refractivity contribution in [1.82, 2.24) is 15.1 Å². The van der Waals surface area contributed by atoms with Gasteiger partial charge in [-0.2, -0.15) is 4.98 Å². The molecule has 0 spiro atoms. The maximum absolute atomic E-state index is 5.62. The molecule has 2 aromatic heterocycles. The molecule has 19 heavy (non-hydrogen) atoms. The highest BCUT2D eigenvalue weighted by atomic mass is 16.5. The zero-order chi connectivity index (χ0) is 13.1. The van der Waals surface area contributed by atoms with Crippen LogP contribution in [0.1, 0.15) is 5.56 Å². The highest BCUT2D eigenvalue weighted by Gasteiger charge is 2.11. The molecule has 1 aromatic carbocycles. The van der Waals surface area contributed by atoms with E-state index in [1.807, 2.05) is 42.5 Å². The normalized spacial score (nSPS) is 10.6. The molecular formula is C14H12N4O. The van der Waals surface area contributed by atoms with Gasteiger partial charge in [-0.1, -0.05) is 23.4 Å². The predicted molar refractivity (Wildman–Crippen MR) is 70.9 cm³/mol. The van der Waals surface area contributed by atoms with Gasteiger partial charge in [-0.3, -0.25) is 4.98 Å². The van der Waals surface area contributed by atoms with E-state index in [4.69, 9.17) is 10.3 Å². The van der Waals surface area contributed by atoms with Gasteiger partial charge in [0.05, 0.1) is 0 Å². The number of pyridine rings is 1. The standard InChI is InChI=1S/C14H12N4O/c15-9-10-4-3-5-11(8-10)14-17-13(18-19-14)12-6-1-2-7-16-12/h1-8H,9,15H2. The van der Waals surface area contributed by atoms with Gasteiger partial charge in [0.25, 0.3) is 5.89 Å². The van der Waals surface area contributed by atoms with Crippen LogP contribution >= 0.6 is 0 Å². The maximum atomic E-state index is 5.62. The van der Waals surface area contributed by atoms with E-state index >= 15 is 0 Å². The number of aromatic nitrogens is 3. The average Bonchev–Trinajstić information content (AvgIpc) is 2.98. The summed E-state index contributed by atoms with van der Waals surface area (Å²) in [4.78, 5) is 8.53. The summed E-state index contributed by atoms with van der Waals surface area (Å²) in [5.41, 5.74) is 8.19. The molecule has 2 N–H and O–H groups in total. The van der Waals surface area contributed by atoms with E-state index < -0.39 is 0 Å². The summed E-state index contributed by atoms with van der Waals surface area (Å²) in [7, 11) is 0. The molecule has 0 fully saturated rings. The molecule has 94 valence electrons. The first-order valence-electron chi connectivity index (χ1n) is 5.91. The number of hydrogen-bond donors (Lipinski definition) is 1. The zero-order valence-electron chi connectivity index (χ0n) is 10.2. The Morgan fingerprint density at radius 2 is 2.05 bits per heavy atom. The van der Waals surface area contributed by atoms with Gasteiger partial charge in [0.1, 0.15) is 5.69 Å². The maximum Gasteiger partial charge on any atom is 0.258 e. The Bertz CT molecular complexity index is 679. The lowest BCUT2D eigenvalue weighted by atomic mass is 10.1. The highest BCUT2D eigenvalue weighted by molar-refractivity contribution is 5.57. The SMILES string of the molecule is NCc1cccc(-c2nc(-c3ccccn3)no2)c1. The number of hydrogen-bond acceptors (Lipinski definition) is 5. The van der Waals surface area contributed by atoms with Crippen molar-refractivity contribution in [2.24, 2.45) is 5.73 Å². The highest BCUT2D eigenvalue weighted by Crippen LogP contribution is 2.21. The van der Waals surface area contributed by atoms with E-state index in [-0.39, 0.29) is 0 Å². The molecule has 0 unspecified atom stereocenters. The van der Waals surface area contributed by atoms with Gasteiger partial charge in [-0.15, -0.1) is 0 Å². The van der Waals surface area contributed by atoms with Gasteiger partial charge in [0, 0.05) is 18.3 Å². The van der Waals surface area contributed by atoms with E-state index in [0.717, 1.165) is 11.1 Å². The Kier molecular flexibility index (Phi) is 3.04. The Hall–Kier alpha value is -2.53. The molecule has 0 radical (unpaired) electrons. The van der Waals surface area contributed by atoms with Crippen molar-refractivity contribution in [3.05, 3.63) is 54.2 Å². The van der Waals surface area contributed by atoms with Gasteiger partial charge in [-0.05, 0) is 29.8 Å². The molecule has 0 aliphatic heterocycles. The van der Waals surface area contributed by atoms with Crippen LogP contribution in [0, 0.1) is 0 Å². The number of rotatable bonds is 3. The van der Waals surface area contributed by atoms with Crippen LogP contribution in [0.15, 0.2) is 53.2 Å². The van der Waals surface area contributed by atoms with Crippen molar-refractivity contribution in [2.45, 2.75) is 6.54 Å². The summed E-state index contributed by atoms with van der Waals surface area (Å²) >= 11 is 0. The molecule has 0 aliphatic rings. The molecule has 0 saturated heterocycles. The predicted octanol–water partition coefficient (Wildman–Crippen LogP) is 2.26. The van der Waals surface area contributed by atoms with E-state index in [9.17, 15) is 0 Å². The summed E-state index contributed by atoms with van der Waals surface area (Å²) in [5.74, 6) is 0.949. The van der Waals surface area contributed by atoms with Crippen molar-refractivity contribution in [3.63, 3.8) is 0 Å². The minimum atomic E-state index is 0.468. The first-order valence-corrected chi connectivity index (χ1v) is 5.91. The molecule has 5 nitrogen and oxygen atoms in total. The molecule has 5 heteroatoms. The molecule has 0 amide bonds. The lowest BCUT2D eigenvalue weighted by Crippen LogP contribution is -1.95. The van der Waals surface area contributed by atoms with Crippen molar-refractivity contribution < 1.29 is 4.52 Å². The zero-order valence-corrected chi connectivity index (χ0v) is 10.2. The summed E-state index contributed by atoms with van der Waals surface area (Å²) in [6, 6.07) is 13.3. The topological polar surface area (TPSA) is 77.8 Å². The van der Waals surface area contributed by atoms with Crippen molar-refractivity contribution in [1.29, 1.82) is 0 Å². The average molecular weight is 252 g/mol. The summed E-state index contributed by atoms with van der Waals surface area (Å²) in [6.07, 6.45) is 1.69. The third-order valence-corrected chi connectivity index (χ3v) is 2.73. The molecule has 3 aromatic rings. The fourth-order valence-corrected chi connectivity index (χ4v) is 1.77. The first kappa shape index (κ1) is 11.6. The second-order valence-corrected chi connectivity index (χ2v) is 4.04. The van der Waals surface area contributed by atoms with Gasteiger partial charge >= 0.3 is 0 Å². The lowest BCUT2D eigenvalue weighted by Gasteiger charge is -1.98. The van der Waals surface area contributed by atoms with Crippen molar-refractivity contribution >= 4 is 0 Å². The van der Waals surface area contributed by atoms with Gasteiger partial charge in [-0.25, -0.2) is 0 Å². The molecular weight excluding hydrogens is 240 g/mol. The third kappa shape index (κ3) is 2.36. The molecule has 0 saturated carbocycles. The lowest BCUT2D eigenvalue weighted by molar-refractivity contribution is 0.432. The van der Waals surface area contributed by atoms with Gasteiger partial charge in [0.2, 0.25) is 5.82 Å². The van der Waals surface area contributed by atoms with Crippen LogP contribution in [0.25, 0.3) is 23.0 Å². The smallest absolute Gasteiger partial charge is 0.258 e. The first-order chi connectivity index (χ1) is 9.36. The van der Waals surface area contributed by atoms with Gasteiger partial charge < -0.3 is 10.3 Å². The number of nitrogens with zero attached hydrogens (tertiary/aromatic N) is 3. The Balaban J connectivity index is 1.97. The fourth-order valence-electron chi connectivity index (χ4n) is 1.77. The van der Waals surface area contributed by atoms with Gasteiger partial charge in [0.15, 0.2) is 0 Å². The molecule has 0 atom stereocenters. The Morgan fingerprint density at radius 3 is 2.84 bits per heavy atom. The largest absolute Gasteiger partial charge is 0.334 e. The van der Waals surface area contributed by atoms with Crippen molar-refractivity contribution in [2.75, 3.05) is 0 Å². The van der Waals surface area contributed by atoms with E-state index in [1.54, 1.807) is 6.20 Å². The number of benzene rings is 1. The quantitative estimate of drug-likeness (QED) is 0.773. The minimum absolute atomic E-state index is 0.468. The van der Waals surface area contributed by atoms with Crippen LogP contribution < -0.4 is 5.73 Å².